The zero-order valence-corrected chi connectivity index (χ0v) is 17.1. The summed E-state index contributed by atoms with van der Waals surface area (Å²) in [6, 6.07) is 20.2. The summed E-state index contributed by atoms with van der Waals surface area (Å²) in [6.45, 7) is 0.296. The molecule has 0 saturated heterocycles. The molecular weight excluding hydrogens is 417 g/mol. The second-order valence-corrected chi connectivity index (χ2v) is 7.44. The molecule has 3 aromatic carbocycles. The predicted molar refractivity (Wildman–Crippen MR) is 117 cm³/mol. The summed E-state index contributed by atoms with van der Waals surface area (Å²) in [5, 5.41) is 12.6. The molecular formula is C25H21F3N2O2. The van der Waals surface area contributed by atoms with Crippen LogP contribution in [-0.2, 0) is 12.7 Å². The quantitative estimate of drug-likeness (QED) is 0.440. The van der Waals surface area contributed by atoms with E-state index in [1.807, 2.05) is 47.2 Å². The minimum absolute atomic E-state index is 0.150. The zero-order chi connectivity index (χ0) is 22.7. The second kappa shape index (κ2) is 8.88. The van der Waals surface area contributed by atoms with E-state index in [-0.39, 0.29) is 25.6 Å². The van der Waals surface area contributed by atoms with E-state index < -0.39 is 11.7 Å². The predicted octanol–water partition coefficient (Wildman–Crippen LogP) is 5.10. The van der Waals surface area contributed by atoms with Gasteiger partial charge in [0.2, 0.25) is 0 Å². The number of nitrogens with zero attached hydrogens (tertiary/aromatic N) is 1. The highest BCUT2D eigenvalue weighted by Gasteiger charge is 2.30. The van der Waals surface area contributed by atoms with E-state index in [0.29, 0.717) is 11.1 Å². The molecule has 2 N–H and O–H groups in total. The Morgan fingerprint density at radius 2 is 1.78 bits per heavy atom. The van der Waals surface area contributed by atoms with E-state index in [2.05, 4.69) is 5.32 Å². The first-order valence-electron chi connectivity index (χ1n) is 10.1. The molecule has 0 saturated carbocycles. The lowest BCUT2D eigenvalue weighted by atomic mass is 9.98. The van der Waals surface area contributed by atoms with Crippen molar-refractivity contribution < 1.29 is 23.1 Å². The normalized spacial score (nSPS) is 11.6. The Kier molecular flexibility index (Phi) is 6.01. The molecule has 32 heavy (non-hydrogen) atoms. The van der Waals surface area contributed by atoms with Gasteiger partial charge in [-0.2, -0.15) is 13.2 Å². The van der Waals surface area contributed by atoms with Crippen LogP contribution in [0.1, 0.15) is 21.5 Å². The summed E-state index contributed by atoms with van der Waals surface area (Å²) >= 11 is 0. The topological polar surface area (TPSA) is 54.3 Å². The van der Waals surface area contributed by atoms with Crippen LogP contribution in [0.2, 0.25) is 0 Å². The maximum atomic E-state index is 13.1. The summed E-state index contributed by atoms with van der Waals surface area (Å²) in [4.78, 5) is 12.5. The number of carbonyl (C=O) groups excluding carboxylic acids is 1. The maximum absolute atomic E-state index is 13.1. The Balaban J connectivity index is 1.70. The highest BCUT2D eigenvalue weighted by Crippen LogP contribution is 2.31. The molecule has 0 radical (unpaired) electrons. The Bertz CT molecular complexity index is 1260. The van der Waals surface area contributed by atoms with E-state index in [1.54, 1.807) is 18.2 Å². The molecule has 7 heteroatoms. The van der Waals surface area contributed by atoms with Gasteiger partial charge in [0, 0.05) is 30.4 Å². The molecule has 1 heterocycles. The first-order chi connectivity index (χ1) is 15.4. The fourth-order valence-corrected chi connectivity index (χ4v) is 3.73. The lowest BCUT2D eigenvalue weighted by molar-refractivity contribution is -0.137. The Hall–Kier alpha value is -3.58. The molecule has 0 aliphatic carbocycles. The average molecular weight is 438 g/mol. The van der Waals surface area contributed by atoms with Crippen LogP contribution in [0.3, 0.4) is 0 Å². The standard InChI is InChI=1S/C25H21F3N2O2/c26-25(27,28)20-5-3-4-17(14-20)16-30-12-10-18-8-9-19(15-23(18)30)21-6-1-2-7-22(21)24(32)29-11-13-31/h1-10,12,14-15,31H,11,13,16H2,(H,29,32). The molecule has 0 spiro atoms. The third-order valence-corrected chi connectivity index (χ3v) is 5.26. The van der Waals surface area contributed by atoms with Gasteiger partial charge in [-0.05, 0) is 52.4 Å². The van der Waals surface area contributed by atoms with Crippen LogP contribution in [0, 0.1) is 0 Å². The molecule has 0 bridgehead atoms. The van der Waals surface area contributed by atoms with Crippen LogP contribution in [0.25, 0.3) is 22.0 Å². The fourth-order valence-electron chi connectivity index (χ4n) is 3.73. The second-order valence-electron chi connectivity index (χ2n) is 7.44. The van der Waals surface area contributed by atoms with Crippen LogP contribution in [0.4, 0.5) is 13.2 Å². The van der Waals surface area contributed by atoms with Gasteiger partial charge in [-0.1, -0.05) is 42.5 Å². The smallest absolute Gasteiger partial charge is 0.395 e. The van der Waals surface area contributed by atoms with E-state index in [9.17, 15) is 18.0 Å². The lowest BCUT2D eigenvalue weighted by Crippen LogP contribution is -2.26. The van der Waals surface area contributed by atoms with Crippen LogP contribution in [-0.4, -0.2) is 28.7 Å². The number of aromatic nitrogens is 1. The number of rotatable bonds is 6. The summed E-state index contributed by atoms with van der Waals surface area (Å²) in [5.41, 5.74) is 2.76. The van der Waals surface area contributed by atoms with Gasteiger partial charge in [0.15, 0.2) is 0 Å². The first kappa shape index (κ1) is 21.6. The van der Waals surface area contributed by atoms with E-state index in [4.69, 9.17) is 5.11 Å². The first-order valence-corrected chi connectivity index (χ1v) is 10.1. The van der Waals surface area contributed by atoms with E-state index in [0.717, 1.165) is 34.2 Å². The van der Waals surface area contributed by atoms with Crippen LogP contribution in [0.5, 0.6) is 0 Å². The third kappa shape index (κ3) is 4.53. The Labute approximate surface area is 182 Å². The Morgan fingerprint density at radius 1 is 0.969 bits per heavy atom. The largest absolute Gasteiger partial charge is 0.416 e. The molecule has 4 rings (SSSR count). The van der Waals surface area contributed by atoms with Crippen molar-refractivity contribution in [3.05, 3.63) is 95.7 Å². The van der Waals surface area contributed by atoms with Crippen molar-refractivity contribution in [2.75, 3.05) is 13.2 Å². The summed E-state index contributed by atoms with van der Waals surface area (Å²) < 4.78 is 41.1. The zero-order valence-electron chi connectivity index (χ0n) is 17.1. The molecule has 1 amide bonds. The molecule has 0 fully saturated rings. The summed E-state index contributed by atoms with van der Waals surface area (Å²) in [5.74, 6) is -0.283. The summed E-state index contributed by atoms with van der Waals surface area (Å²) in [6.07, 6.45) is -2.54. The van der Waals surface area contributed by atoms with Crippen LogP contribution in [0.15, 0.2) is 79.0 Å². The minimum Gasteiger partial charge on any atom is -0.395 e. The van der Waals surface area contributed by atoms with Gasteiger partial charge in [0.1, 0.15) is 0 Å². The number of nitrogens with one attached hydrogen (secondary N) is 1. The highest BCUT2D eigenvalue weighted by atomic mass is 19.4. The van der Waals surface area contributed by atoms with Gasteiger partial charge >= 0.3 is 6.18 Å². The molecule has 0 atom stereocenters. The van der Waals surface area contributed by atoms with Crippen molar-refractivity contribution in [3.63, 3.8) is 0 Å². The number of amides is 1. The number of carbonyl (C=O) groups is 1. The van der Waals surface area contributed by atoms with Crippen molar-refractivity contribution in [2.24, 2.45) is 0 Å². The molecule has 4 aromatic rings. The lowest BCUT2D eigenvalue weighted by Gasteiger charge is -2.12. The van der Waals surface area contributed by atoms with Gasteiger partial charge < -0.3 is 15.0 Å². The highest BCUT2D eigenvalue weighted by molar-refractivity contribution is 6.01. The van der Waals surface area contributed by atoms with Gasteiger partial charge in [0.05, 0.1) is 12.2 Å². The van der Waals surface area contributed by atoms with Crippen molar-refractivity contribution in [2.45, 2.75) is 12.7 Å². The third-order valence-electron chi connectivity index (χ3n) is 5.26. The van der Waals surface area contributed by atoms with Crippen LogP contribution < -0.4 is 5.32 Å². The fraction of sp³-hybridized carbons (Fsp3) is 0.160. The van der Waals surface area contributed by atoms with E-state index >= 15 is 0 Å². The Morgan fingerprint density at radius 3 is 2.56 bits per heavy atom. The van der Waals surface area contributed by atoms with Crippen molar-refractivity contribution >= 4 is 16.8 Å². The number of benzene rings is 3. The van der Waals surface area contributed by atoms with Crippen molar-refractivity contribution in [1.29, 1.82) is 0 Å². The van der Waals surface area contributed by atoms with Crippen molar-refractivity contribution in [3.8, 4) is 11.1 Å². The molecule has 0 aliphatic heterocycles. The number of fused-ring (bicyclic) bond motifs is 1. The number of hydrogen-bond acceptors (Lipinski definition) is 2. The monoisotopic (exact) mass is 438 g/mol. The van der Waals surface area contributed by atoms with Gasteiger partial charge in [-0.25, -0.2) is 0 Å². The number of halogens is 3. The SMILES string of the molecule is O=C(NCCO)c1ccccc1-c1ccc2ccn(Cc3cccc(C(F)(F)F)c3)c2c1. The van der Waals surface area contributed by atoms with Gasteiger partial charge in [-0.3, -0.25) is 4.79 Å². The van der Waals surface area contributed by atoms with Crippen LogP contribution >= 0.6 is 0 Å². The average Bonchev–Trinajstić information content (AvgIpc) is 3.19. The maximum Gasteiger partial charge on any atom is 0.416 e. The number of aliphatic hydroxyl groups is 1. The molecule has 0 aliphatic rings. The molecule has 4 nitrogen and oxygen atoms in total. The number of alkyl halides is 3. The molecule has 164 valence electrons. The number of hydrogen-bond donors (Lipinski definition) is 2. The molecule has 0 unspecified atom stereocenters. The summed E-state index contributed by atoms with van der Waals surface area (Å²) in [7, 11) is 0. The molecule has 1 aromatic heterocycles. The minimum atomic E-state index is -4.39. The van der Waals surface area contributed by atoms with Gasteiger partial charge in [-0.15, -0.1) is 0 Å². The van der Waals surface area contributed by atoms with Gasteiger partial charge in [0.25, 0.3) is 5.91 Å². The van der Waals surface area contributed by atoms with Crippen molar-refractivity contribution in [1.82, 2.24) is 9.88 Å². The van der Waals surface area contributed by atoms with E-state index in [1.165, 1.54) is 6.07 Å². The number of aliphatic hydroxyl groups excluding tert-OH is 1.